The van der Waals surface area contributed by atoms with Gasteiger partial charge in [-0.3, -0.25) is 0 Å². The van der Waals surface area contributed by atoms with Crippen LogP contribution in [0.2, 0.25) is 0 Å². The first-order valence-corrected chi connectivity index (χ1v) is 6.49. The van der Waals surface area contributed by atoms with Gasteiger partial charge in [0.25, 0.3) is 0 Å². The van der Waals surface area contributed by atoms with Crippen molar-refractivity contribution in [1.29, 1.82) is 0 Å². The summed E-state index contributed by atoms with van der Waals surface area (Å²) in [5, 5.41) is 9.94. The minimum Gasteiger partial charge on any atom is -0.493 e. The number of hydrogen-bond donors (Lipinski definition) is 1. The van der Waals surface area contributed by atoms with Crippen LogP contribution in [0, 0.1) is 6.92 Å². The number of aryl methyl sites for hydroxylation is 2. The Morgan fingerprint density at radius 2 is 2.26 bits per heavy atom. The Morgan fingerprint density at radius 1 is 1.42 bits per heavy atom. The predicted molar refractivity (Wildman–Crippen MR) is 74.2 cm³/mol. The van der Waals surface area contributed by atoms with Crippen molar-refractivity contribution in [1.82, 2.24) is 9.55 Å². The van der Waals surface area contributed by atoms with Crippen LogP contribution < -0.4 is 4.74 Å². The van der Waals surface area contributed by atoms with Crippen molar-refractivity contribution in [2.24, 2.45) is 7.05 Å². The number of benzene rings is 1. The fourth-order valence-electron chi connectivity index (χ4n) is 1.92. The monoisotopic (exact) mass is 260 g/mol. The van der Waals surface area contributed by atoms with E-state index >= 15 is 0 Å². The van der Waals surface area contributed by atoms with Gasteiger partial charge >= 0.3 is 0 Å². The first-order valence-electron chi connectivity index (χ1n) is 6.49. The third-order valence-electron chi connectivity index (χ3n) is 3.05. The molecule has 1 heterocycles. The molecule has 1 atom stereocenters. The molecular formula is C15H20N2O2. The van der Waals surface area contributed by atoms with Crippen LogP contribution in [0.5, 0.6) is 5.75 Å². The van der Waals surface area contributed by atoms with Crippen molar-refractivity contribution >= 4 is 0 Å². The van der Waals surface area contributed by atoms with Gasteiger partial charge in [-0.1, -0.05) is 12.1 Å². The average molecular weight is 260 g/mol. The summed E-state index contributed by atoms with van der Waals surface area (Å²) in [6.45, 7) is 2.54. The second kappa shape index (κ2) is 6.38. The minimum absolute atomic E-state index is 0.425. The molecule has 0 bridgehead atoms. The molecule has 102 valence electrons. The molecule has 0 aliphatic heterocycles. The number of aliphatic hydroxyl groups is 1. The molecule has 0 radical (unpaired) electrons. The van der Waals surface area contributed by atoms with Crippen molar-refractivity contribution in [3.05, 3.63) is 48.0 Å². The molecule has 1 aromatic carbocycles. The summed E-state index contributed by atoms with van der Waals surface area (Å²) in [6, 6.07) is 7.92. The van der Waals surface area contributed by atoms with E-state index < -0.39 is 6.10 Å². The van der Waals surface area contributed by atoms with E-state index in [0.29, 0.717) is 19.4 Å². The van der Waals surface area contributed by atoms with Crippen LogP contribution >= 0.6 is 0 Å². The molecule has 2 rings (SSSR count). The van der Waals surface area contributed by atoms with Crippen LogP contribution in [0.3, 0.4) is 0 Å². The van der Waals surface area contributed by atoms with Gasteiger partial charge in [-0.15, -0.1) is 0 Å². The molecule has 0 saturated carbocycles. The van der Waals surface area contributed by atoms with Crippen LogP contribution in [0.1, 0.15) is 17.8 Å². The lowest BCUT2D eigenvalue weighted by Gasteiger charge is -2.11. The van der Waals surface area contributed by atoms with Gasteiger partial charge in [-0.2, -0.15) is 0 Å². The molecule has 0 aliphatic rings. The summed E-state index contributed by atoms with van der Waals surface area (Å²) < 4.78 is 7.54. The smallest absolute Gasteiger partial charge is 0.119 e. The van der Waals surface area contributed by atoms with Gasteiger partial charge in [0.1, 0.15) is 11.6 Å². The van der Waals surface area contributed by atoms with Crippen molar-refractivity contribution in [2.75, 3.05) is 6.61 Å². The number of rotatable bonds is 6. The highest BCUT2D eigenvalue weighted by Crippen LogP contribution is 2.13. The quantitative estimate of drug-likeness (QED) is 0.865. The maximum Gasteiger partial charge on any atom is 0.119 e. The first kappa shape index (κ1) is 13.6. The van der Waals surface area contributed by atoms with E-state index in [1.165, 1.54) is 5.56 Å². The standard InChI is InChI=1S/C15H20N2O2/c1-12-4-3-5-14(10-12)19-9-6-13(18)11-15-16-7-8-17(15)2/h3-5,7-8,10,13,18H,6,9,11H2,1-2H3. The number of imidazole rings is 1. The molecule has 2 aromatic rings. The Balaban J connectivity index is 1.75. The molecule has 0 saturated heterocycles. The number of aromatic nitrogens is 2. The summed E-state index contributed by atoms with van der Waals surface area (Å²) in [7, 11) is 1.93. The summed E-state index contributed by atoms with van der Waals surface area (Å²) in [4.78, 5) is 4.20. The zero-order chi connectivity index (χ0) is 13.7. The van der Waals surface area contributed by atoms with Crippen LogP contribution in [0.15, 0.2) is 36.7 Å². The Kier molecular flexibility index (Phi) is 4.58. The SMILES string of the molecule is Cc1cccc(OCCC(O)Cc2nccn2C)c1. The minimum atomic E-state index is -0.425. The van der Waals surface area contributed by atoms with Gasteiger partial charge in [0, 0.05) is 32.3 Å². The Morgan fingerprint density at radius 3 is 2.95 bits per heavy atom. The third-order valence-corrected chi connectivity index (χ3v) is 3.05. The summed E-state index contributed by atoms with van der Waals surface area (Å²) in [5.41, 5.74) is 1.17. The highest BCUT2D eigenvalue weighted by Gasteiger charge is 2.09. The lowest BCUT2D eigenvalue weighted by atomic mass is 10.2. The highest BCUT2D eigenvalue weighted by atomic mass is 16.5. The van der Waals surface area contributed by atoms with E-state index in [4.69, 9.17) is 4.74 Å². The number of nitrogens with zero attached hydrogens (tertiary/aromatic N) is 2. The highest BCUT2D eigenvalue weighted by molar-refractivity contribution is 5.27. The number of ether oxygens (including phenoxy) is 1. The Bertz CT molecular complexity index is 522. The molecular weight excluding hydrogens is 240 g/mol. The average Bonchev–Trinajstić information content (AvgIpc) is 2.75. The zero-order valence-corrected chi connectivity index (χ0v) is 11.4. The zero-order valence-electron chi connectivity index (χ0n) is 11.4. The lowest BCUT2D eigenvalue weighted by Crippen LogP contribution is -2.17. The molecule has 19 heavy (non-hydrogen) atoms. The van der Waals surface area contributed by atoms with Gasteiger partial charge in [0.15, 0.2) is 0 Å². The van der Waals surface area contributed by atoms with E-state index in [0.717, 1.165) is 11.6 Å². The second-order valence-electron chi connectivity index (χ2n) is 4.77. The van der Waals surface area contributed by atoms with Gasteiger partial charge in [0.05, 0.1) is 12.7 Å². The second-order valence-corrected chi connectivity index (χ2v) is 4.77. The van der Waals surface area contributed by atoms with Gasteiger partial charge in [-0.25, -0.2) is 4.98 Å². The van der Waals surface area contributed by atoms with Gasteiger partial charge in [-0.05, 0) is 24.6 Å². The number of aliphatic hydroxyl groups excluding tert-OH is 1. The van der Waals surface area contributed by atoms with Crippen LogP contribution in [0.25, 0.3) is 0 Å². The van der Waals surface area contributed by atoms with Crippen molar-refractivity contribution in [3.63, 3.8) is 0 Å². The molecule has 4 heteroatoms. The van der Waals surface area contributed by atoms with Crippen molar-refractivity contribution in [3.8, 4) is 5.75 Å². The molecule has 1 unspecified atom stereocenters. The summed E-state index contributed by atoms with van der Waals surface area (Å²) in [6.07, 6.45) is 4.35. The maximum atomic E-state index is 9.94. The van der Waals surface area contributed by atoms with Gasteiger partial charge in [0.2, 0.25) is 0 Å². The predicted octanol–water partition coefficient (Wildman–Crippen LogP) is 2.10. The van der Waals surface area contributed by atoms with E-state index in [-0.39, 0.29) is 0 Å². The summed E-state index contributed by atoms with van der Waals surface area (Å²) in [5.74, 6) is 1.74. The molecule has 4 nitrogen and oxygen atoms in total. The van der Waals surface area contributed by atoms with Crippen LogP contribution in [-0.2, 0) is 13.5 Å². The Hall–Kier alpha value is -1.81. The van der Waals surface area contributed by atoms with Crippen LogP contribution in [-0.4, -0.2) is 27.4 Å². The molecule has 0 amide bonds. The van der Waals surface area contributed by atoms with Gasteiger partial charge < -0.3 is 14.4 Å². The summed E-state index contributed by atoms with van der Waals surface area (Å²) >= 11 is 0. The topological polar surface area (TPSA) is 47.3 Å². The van der Waals surface area contributed by atoms with Crippen molar-refractivity contribution in [2.45, 2.75) is 25.9 Å². The van der Waals surface area contributed by atoms with E-state index in [2.05, 4.69) is 4.98 Å². The molecule has 1 aromatic heterocycles. The lowest BCUT2D eigenvalue weighted by molar-refractivity contribution is 0.136. The first-order chi connectivity index (χ1) is 9.15. The molecule has 0 aliphatic carbocycles. The Labute approximate surface area is 113 Å². The van der Waals surface area contributed by atoms with Crippen LogP contribution in [0.4, 0.5) is 0 Å². The molecule has 0 spiro atoms. The fraction of sp³-hybridized carbons (Fsp3) is 0.400. The third kappa shape index (κ3) is 4.10. The van der Waals surface area contributed by atoms with Crippen molar-refractivity contribution < 1.29 is 9.84 Å². The number of hydrogen-bond acceptors (Lipinski definition) is 3. The normalized spacial score (nSPS) is 12.4. The van der Waals surface area contributed by atoms with E-state index in [1.54, 1.807) is 6.20 Å². The van der Waals surface area contributed by atoms with E-state index in [9.17, 15) is 5.11 Å². The maximum absolute atomic E-state index is 9.94. The largest absolute Gasteiger partial charge is 0.493 e. The molecule has 0 fully saturated rings. The molecule has 1 N–H and O–H groups in total. The van der Waals surface area contributed by atoms with E-state index in [1.807, 2.05) is 49.0 Å². The fourth-order valence-corrected chi connectivity index (χ4v) is 1.92.